The smallest absolute Gasteiger partial charge is 0.254 e. The molecule has 1 aromatic carbocycles. The highest BCUT2D eigenvalue weighted by molar-refractivity contribution is 5.94. The second kappa shape index (κ2) is 6.32. The van der Waals surface area contributed by atoms with Crippen molar-refractivity contribution in [3.63, 3.8) is 0 Å². The van der Waals surface area contributed by atoms with Gasteiger partial charge in [-0.3, -0.25) is 9.69 Å². The molecule has 0 radical (unpaired) electrons. The topological polar surface area (TPSA) is 41.4 Å². The fraction of sp³-hybridized carbons (Fsp3) is 0.412. The predicted octanol–water partition coefficient (Wildman–Crippen LogP) is 2.04. The van der Waals surface area contributed by atoms with Crippen molar-refractivity contribution < 1.29 is 4.79 Å². The van der Waals surface area contributed by atoms with Gasteiger partial charge in [-0.25, -0.2) is 4.68 Å². The van der Waals surface area contributed by atoms with E-state index in [0.29, 0.717) is 6.04 Å². The minimum Gasteiger partial charge on any atom is -0.336 e. The summed E-state index contributed by atoms with van der Waals surface area (Å²) in [6, 6.07) is 10.1. The molecule has 0 atom stereocenters. The minimum absolute atomic E-state index is 0.109. The number of carbonyl (C=O) groups is 1. The lowest BCUT2D eigenvalue weighted by Crippen LogP contribution is -2.50. The molecule has 22 heavy (non-hydrogen) atoms. The summed E-state index contributed by atoms with van der Waals surface area (Å²) in [6.07, 6.45) is 3.62. The lowest BCUT2D eigenvalue weighted by molar-refractivity contribution is 0.0595. The van der Waals surface area contributed by atoms with Crippen LogP contribution in [-0.4, -0.2) is 57.7 Å². The summed E-state index contributed by atoms with van der Waals surface area (Å²) < 4.78 is 1.77. The molecule has 0 bridgehead atoms. The number of carbonyl (C=O) groups excluding carboxylic acids is 1. The van der Waals surface area contributed by atoms with Gasteiger partial charge in [0.1, 0.15) is 0 Å². The molecule has 1 aromatic heterocycles. The normalized spacial score (nSPS) is 16.2. The van der Waals surface area contributed by atoms with E-state index in [-0.39, 0.29) is 5.91 Å². The Kier molecular flexibility index (Phi) is 4.24. The fourth-order valence-corrected chi connectivity index (χ4v) is 2.83. The summed E-state index contributed by atoms with van der Waals surface area (Å²) in [5, 5.41) is 4.21. The molecule has 2 heterocycles. The van der Waals surface area contributed by atoms with Gasteiger partial charge in [0.25, 0.3) is 5.91 Å². The zero-order valence-electron chi connectivity index (χ0n) is 13.1. The highest BCUT2D eigenvalue weighted by Crippen LogP contribution is 2.14. The van der Waals surface area contributed by atoms with Crippen molar-refractivity contribution in [3.8, 4) is 5.69 Å². The summed E-state index contributed by atoms with van der Waals surface area (Å²) in [5.41, 5.74) is 1.64. The molecule has 1 fully saturated rings. The number of piperazine rings is 1. The number of hydrogen-bond donors (Lipinski definition) is 0. The first-order valence-corrected chi connectivity index (χ1v) is 7.78. The van der Waals surface area contributed by atoms with Gasteiger partial charge < -0.3 is 4.90 Å². The van der Waals surface area contributed by atoms with E-state index in [1.807, 2.05) is 41.4 Å². The van der Waals surface area contributed by atoms with E-state index in [9.17, 15) is 4.79 Å². The van der Waals surface area contributed by atoms with Crippen molar-refractivity contribution in [2.75, 3.05) is 26.2 Å². The largest absolute Gasteiger partial charge is 0.336 e. The van der Waals surface area contributed by atoms with E-state index in [1.54, 1.807) is 10.9 Å². The third kappa shape index (κ3) is 3.04. The third-order valence-corrected chi connectivity index (χ3v) is 4.19. The van der Waals surface area contributed by atoms with Crippen LogP contribution in [0.3, 0.4) is 0 Å². The summed E-state index contributed by atoms with van der Waals surface area (Å²) in [4.78, 5) is 17.0. The van der Waals surface area contributed by atoms with Gasteiger partial charge in [-0.15, -0.1) is 0 Å². The van der Waals surface area contributed by atoms with Crippen LogP contribution in [0.2, 0.25) is 0 Å². The number of nitrogens with zero attached hydrogens (tertiary/aromatic N) is 4. The quantitative estimate of drug-likeness (QED) is 0.871. The van der Waals surface area contributed by atoms with Crippen LogP contribution < -0.4 is 0 Å². The molecule has 1 saturated heterocycles. The minimum atomic E-state index is 0.109. The van der Waals surface area contributed by atoms with Gasteiger partial charge in [0.2, 0.25) is 0 Å². The molecule has 0 unspecified atom stereocenters. The van der Waals surface area contributed by atoms with Crippen LogP contribution in [0, 0.1) is 0 Å². The SMILES string of the molecule is CC(C)N1CCN(C(=O)c2cccc(-n3cccn3)c2)CC1. The summed E-state index contributed by atoms with van der Waals surface area (Å²) in [7, 11) is 0. The van der Waals surface area contributed by atoms with Gasteiger partial charge in [-0.2, -0.15) is 5.10 Å². The molecule has 5 nitrogen and oxygen atoms in total. The monoisotopic (exact) mass is 298 g/mol. The molecular weight excluding hydrogens is 276 g/mol. The molecule has 5 heteroatoms. The number of amides is 1. The average Bonchev–Trinajstić information content (AvgIpc) is 3.09. The van der Waals surface area contributed by atoms with E-state index in [1.165, 1.54) is 0 Å². The molecule has 0 aliphatic carbocycles. The molecule has 0 N–H and O–H groups in total. The second-order valence-corrected chi connectivity index (χ2v) is 5.92. The number of hydrogen-bond acceptors (Lipinski definition) is 3. The Bertz CT molecular complexity index is 628. The summed E-state index contributed by atoms with van der Waals surface area (Å²) in [5.74, 6) is 0.109. The van der Waals surface area contributed by atoms with Gasteiger partial charge in [0.05, 0.1) is 5.69 Å². The Morgan fingerprint density at radius 1 is 1.14 bits per heavy atom. The molecular formula is C17H22N4O. The van der Waals surface area contributed by atoms with E-state index in [0.717, 1.165) is 37.4 Å². The Morgan fingerprint density at radius 2 is 1.91 bits per heavy atom. The molecule has 1 aliphatic rings. The second-order valence-electron chi connectivity index (χ2n) is 5.92. The van der Waals surface area contributed by atoms with Crippen LogP contribution in [0.25, 0.3) is 5.69 Å². The van der Waals surface area contributed by atoms with Crippen LogP contribution >= 0.6 is 0 Å². The number of aromatic nitrogens is 2. The van der Waals surface area contributed by atoms with Crippen LogP contribution in [0.1, 0.15) is 24.2 Å². The average molecular weight is 298 g/mol. The molecule has 0 saturated carbocycles. The van der Waals surface area contributed by atoms with Crippen molar-refractivity contribution in [1.82, 2.24) is 19.6 Å². The number of rotatable bonds is 3. The Labute approximate surface area is 131 Å². The Balaban J connectivity index is 1.72. The van der Waals surface area contributed by atoms with Crippen molar-refractivity contribution in [3.05, 3.63) is 48.3 Å². The standard InChI is InChI=1S/C17H22N4O/c1-14(2)19-9-11-20(12-10-19)17(22)15-5-3-6-16(13-15)21-8-4-7-18-21/h3-8,13-14H,9-12H2,1-2H3. The zero-order valence-corrected chi connectivity index (χ0v) is 13.1. The summed E-state index contributed by atoms with van der Waals surface area (Å²) >= 11 is 0. The van der Waals surface area contributed by atoms with Gasteiger partial charge in [0.15, 0.2) is 0 Å². The van der Waals surface area contributed by atoms with E-state index in [2.05, 4.69) is 23.8 Å². The van der Waals surface area contributed by atoms with E-state index in [4.69, 9.17) is 0 Å². The van der Waals surface area contributed by atoms with Gasteiger partial charge in [0, 0.05) is 50.2 Å². The third-order valence-electron chi connectivity index (χ3n) is 4.19. The highest BCUT2D eigenvalue weighted by Gasteiger charge is 2.23. The molecule has 116 valence electrons. The van der Waals surface area contributed by atoms with Gasteiger partial charge in [-0.1, -0.05) is 6.07 Å². The van der Waals surface area contributed by atoms with Crippen LogP contribution in [0.4, 0.5) is 0 Å². The number of benzene rings is 1. The van der Waals surface area contributed by atoms with Gasteiger partial charge in [-0.05, 0) is 38.1 Å². The zero-order chi connectivity index (χ0) is 15.5. The lowest BCUT2D eigenvalue weighted by atomic mass is 10.1. The maximum atomic E-state index is 12.7. The molecule has 1 amide bonds. The fourth-order valence-electron chi connectivity index (χ4n) is 2.83. The van der Waals surface area contributed by atoms with Crippen molar-refractivity contribution in [2.45, 2.75) is 19.9 Å². The first kappa shape index (κ1) is 14.8. The van der Waals surface area contributed by atoms with Gasteiger partial charge >= 0.3 is 0 Å². The van der Waals surface area contributed by atoms with Crippen LogP contribution in [0.5, 0.6) is 0 Å². The van der Waals surface area contributed by atoms with Crippen molar-refractivity contribution in [1.29, 1.82) is 0 Å². The Morgan fingerprint density at radius 3 is 2.55 bits per heavy atom. The predicted molar refractivity (Wildman–Crippen MR) is 86.2 cm³/mol. The van der Waals surface area contributed by atoms with Crippen molar-refractivity contribution in [2.24, 2.45) is 0 Å². The first-order valence-electron chi connectivity index (χ1n) is 7.78. The first-order chi connectivity index (χ1) is 10.6. The lowest BCUT2D eigenvalue weighted by Gasteiger charge is -2.37. The van der Waals surface area contributed by atoms with E-state index < -0.39 is 0 Å². The highest BCUT2D eigenvalue weighted by atomic mass is 16.2. The molecule has 3 rings (SSSR count). The molecule has 2 aromatic rings. The molecule has 1 aliphatic heterocycles. The Hall–Kier alpha value is -2.14. The summed E-state index contributed by atoms with van der Waals surface area (Å²) in [6.45, 7) is 7.88. The maximum Gasteiger partial charge on any atom is 0.254 e. The molecule has 0 spiro atoms. The van der Waals surface area contributed by atoms with E-state index >= 15 is 0 Å². The van der Waals surface area contributed by atoms with Crippen LogP contribution in [-0.2, 0) is 0 Å². The maximum absolute atomic E-state index is 12.7. The van der Waals surface area contributed by atoms with Crippen LogP contribution in [0.15, 0.2) is 42.7 Å². The van der Waals surface area contributed by atoms with Crippen molar-refractivity contribution >= 4 is 5.91 Å².